The summed E-state index contributed by atoms with van der Waals surface area (Å²) in [5, 5.41) is 9.27. The fourth-order valence-corrected chi connectivity index (χ4v) is 3.67. The van der Waals surface area contributed by atoms with E-state index in [9.17, 15) is 5.11 Å². The van der Waals surface area contributed by atoms with E-state index >= 15 is 0 Å². The Morgan fingerprint density at radius 3 is 1.93 bits per heavy atom. The van der Waals surface area contributed by atoms with Gasteiger partial charge in [-0.3, -0.25) is 0 Å². The maximum atomic E-state index is 9.27. The molecule has 2 unspecified atom stereocenters. The summed E-state index contributed by atoms with van der Waals surface area (Å²) in [6, 6.07) is 0. The highest BCUT2D eigenvalue weighted by molar-refractivity contribution is 4.95. The average molecular weight is 196 g/mol. The SMILES string of the molecule is CC12CCC(CO)CCC(C)(CC1)C2. The number of aliphatic hydroxyl groups excluding tert-OH is 1. The third-order valence-corrected chi connectivity index (χ3v) is 4.76. The molecular weight excluding hydrogens is 172 g/mol. The van der Waals surface area contributed by atoms with Crippen molar-refractivity contribution in [2.24, 2.45) is 16.7 Å². The van der Waals surface area contributed by atoms with Crippen molar-refractivity contribution in [2.75, 3.05) is 6.61 Å². The van der Waals surface area contributed by atoms with Gasteiger partial charge in [0.15, 0.2) is 0 Å². The largest absolute Gasteiger partial charge is 0.396 e. The normalized spacial score (nSPS) is 48.6. The molecule has 0 amide bonds. The van der Waals surface area contributed by atoms with Gasteiger partial charge in [-0.05, 0) is 61.7 Å². The monoisotopic (exact) mass is 196 g/mol. The second kappa shape index (κ2) is 3.52. The Kier molecular flexibility index (Phi) is 2.63. The molecule has 0 aliphatic heterocycles. The van der Waals surface area contributed by atoms with Crippen LogP contribution in [-0.4, -0.2) is 11.7 Å². The summed E-state index contributed by atoms with van der Waals surface area (Å²) in [5.74, 6) is 0.590. The molecule has 2 aliphatic rings. The quantitative estimate of drug-likeness (QED) is 0.681. The lowest BCUT2D eigenvalue weighted by molar-refractivity contribution is 0.135. The van der Waals surface area contributed by atoms with Crippen molar-refractivity contribution in [3.63, 3.8) is 0 Å². The van der Waals surface area contributed by atoms with E-state index < -0.39 is 0 Å². The van der Waals surface area contributed by atoms with Crippen LogP contribution in [0.3, 0.4) is 0 Å². The van der Waals surface area contributed by atoms with Gasteiger partial charge in [0.1, 0.15) is 0 Å². The van der Waals surface area contributed by atoms with Gasteiger partial charge in [-0.1, -0.05) is 13.8 Å². The summed E-state index contributed by atoms with van der Waals surface area (Å²) in [5.41, 5.74) is 1.20. The van der Waals surface area contributed by atoms with Crippen molar-refractivity contribution in [1.82, 2.24) is 0 Å². The average Bonchev–Trinajstić information content (AvgIpc) is 2.44. The van der Waals surface area contributed by atoms with Crippen LogP contribution < -0.4 is 0 Å². The fraction of sp³-hybridized carbons (Fsp3) is 1.00. The van der Waals surface area contributed by atoms with Crippen molar-refractivity contribution in [3.8, 4) is 0 Å². The molecule has 0 aromatic heterocycles. The Morgan fingerprint density at radius 2 is 1.50 bits per heavy atom. The Balaban J connectivity index is 2.08. The predicted molar refractivity (Wildman–Crippen MR) is 59.1 cm³/mol. The Hall–Kier alpha value is -0.0400. The second-order valence-corrected chi connectivity index (χ2v) is 6.42. The minimum Gasteiger partial charge on any atom is -0.396 e. The number of rotatable bonds is 1. The fourth-order valence-electron chi connectivity index (χ4n) is 3.67. The van der Waals surface area contributed by atoms with Crippen LogP contribution in [-0.2, 0) is 0 Å². The molecule has 2 bridgehead atoms. The first-order valence-electron chi connectivity index (χ1n) is 6.16. The van der Waals surface area contributed by atoms with Crippen LogP contribution in [0.5, 0.6) is 0 Å². The smallest absolute Gasteiger partial charge is 0.0459 e. The van der Waals surface area contributed by atoms with E-state index in [2.05, 4.69) is 13.8 Å². The van der Waals surface area contributed by atoms with E-state index in [-0.39, 0.29) is 0 Å². The number of hydrogen-bond donors (Lipinski definition) is 1. The Bertz CT molecular complexity index is 193. The highest BCUT2D eigenvalue weighted by atomic mass is 16.3. The second-order valence-electron chi connectivity index (χ2n) is 6.42. The highest BCUT2D eigenvalue weighted by Crippen LogP contribution is 2.55. The summed E-state index contributed by atoms with van der Waals surface area (Å²) >= 11 is 0. The van der Waals surface area contributed by atoms with Gasteiger partial charge in [0.2, 0.25) is 0 Å². The van der Waals surface area contributed by atoms with Crippen LogP contribution in [0.25, 0.3) is 0 Å². The molecule has 0 radical (unpaired) electrons. The lowest BCUT2D eigenvalue weighted by Gasteiger charge is -2.34. The van der Waals surface area contributed by atoms with Gasteiger partial charge >= 0.3 is 0 Å². The highest BCUT2D eigenvalue weighted by Gasteiger charge is 2.43. The van der Waals surface area contributed by atoms with Crippen molar-refractivity contribution in [2.45, 2.75) is 58.8 Å². The third-order valence-electron chi connectivity index (χ3n) is 4.76. The van der Waals surface area contributed by atoms with E-state index in [0.29, 0.717) is 23.4 Å². The van der Waals surface area contributed by atoms with Crippen molar-refractivity contribution >= 4 is 0 Å². The van der Waals surface area contributed by atoms with E-state index in [4.69, 9.17) is 0 Å². The van der Waals surface area contributed by atoms with E-state index in [0.717, 1.165) is 0 Å². The topological polar surface area (TPSA) is 20.2 Å². The zero-order valence-corrected chi connectivity index (χ0v) is 9.68. The Labute approximate surface area is 87.9 Å². The molecule has 82 valence electrons. The standard InChI is InChI=1S/C13H24O/c1-12-5-3-11(9-14)4-6-13(2,10-12)8-7-12/h11,14H,3-10H2,1-2H3. The van der Waals surface area contributed by atoms with E-state index in [1.165, 1.54) is 44.9 Å². The molecule has 2 rings (SSSR count). The van der Waals surface area contributed by atoms with Crippen LogP contribution in [0.1, 0.15) is 58.8 Å². The van der Waals surface area contributed by atoms with Gasteiger partial charge in [-0.25, -0.2) is 0 Å². The zero-order chi connectivity index (χ0) is 10.2. The van der Waals surface area contributed by atoms with Crippen LogP contribution in [0.2, 0.25) is 0 Å². The molecular formula is C13H24O. The van der Waals surface area contributed by atoms with Crippen molar-refractivity contribution in [1.29, 1.82) is 0 Å². The molecule has 0 aromatic carbocycles. The van der Waals surface area contributed by atoms with E-state index in [1.54, 1.807) is 0 Å². The van der Waals surface area contributed by atoms with Crippen molar-refractivity contribution < 1.29 is 5.11 Å². The summed E-state index contributed by atoms with van der Waals surface area (Å²) in [7, 11) is 0. The van der Waals surface area contributed by atoms with Crippen molar-refractivity contribution in [3.05, 3.63) is 0 Å². The molecule has 1 heteroatoms. The minimum absolute atomic E-state index is 0.409. The van der Waals surface area contributed by atoms with Gasteiger partial charge < -0.3 is 5.11 Å². The number of aliphatic hydroxyl groups is 1. The number of hydrogen-bond acceptors (Lipinski definition) is 1. The maximum absolute atomic E-state index is 9.27. The molecule has 0 spiro atoms. The van der Waals surface area contributed by atoms with Gasteiger partial charge in [-0.2, -0.15) is 0 Å². The van der Waals surface area contributed by atoms with Gasteiger partial charge in [0, 0.05) is 6.61 Å². The first-order chi connectivity index (χ1) is 6.55. The summed E-state index contributed by atoms with van der Waals surface area (Å²) in [6.45, 7) is 5.32. The van der Waals surface area contributed by atoms with Gasteiger partial charge in [0.05, 0.1) is 0 Å². The van der Waals surface area contributed by atoms with E-state index in [1.807, 2.05) is 0 Å². The minimum atomic E-state index is 0.409. The van der Waals surface area contributed by atoms with Crippen LogP contribution in [0.15, 0.2) is 0 Å². The van der Waals surface area contributed by atoms with Gasteiger partial charge in [0.25, 0.3) is 0 Å². The molecule has 1 nitrogen and oxygen atoms in total. The lowest BCUT2D eigenvalue weighted by Crippen LogP contribution is -2.23. The van der Waals surface area contributed by atoms with Crippen LogP contribution in [0, 0.1) is 16.7 Å². The van der Waals surface area contributed by atoms with Gasteiger partial charge in [-0.15, -0.1) is 0 Å². The first kappa shape index (κ1) is 10.5. The Morgan fingerprint density at radius 1 is 1.00 bits per heavy atom. The van der Waals surface area contributed by atoms with Crippen LogP contribution in [0.4, 0.5) is 0 Å². The molecule has 1 N–H and O–H groups in total. The molecule has 14 heavy (non-hydrogen) atoms. The molecule has 2 fully saturated rings. The molecule has 2 saturated carbocycles. The lowest BCUT2D eigenvalue weighted by atomic mass is 9.72. The molecule has 0 aromatic rings. The number of fused-ring (bicyclic) bond motifs is 2. The summed E-state index contributed by atoms with van der Waals surface area (Å²) < 4.78 is 0. The molecule has 0 saturated heterocycles. The zero-order valence-electron chi connectivity index (χ0n) is 9.68. The first-order valence-corrected chi connectivity index (χ1v) is 6.16. The summed E-state index contributed by atoms with van der Waals surface area (Å²) in [6.07, 6.45) is 9.45. The molecule has 0 heterocycles. The molecule has 2 aliphatic carbocycles. The van der Waals surface area contributed by atoms with Crippen LogP contribution >= 0.6 is 0 Å². The summed E-state index contributed by atoms with van der Waals surface area (Å²) in [4.78, 5) is 0. The molecule has 2 atom stereocenters. The predicted octanol–water partition coefficient (Wildman–Crippen LogP) is 3.37. The maximum Gasteiger partial charge on any atom is 0.0459 e. The third kappa shape index (κ3) is 1.98.